The molecule has 122 valence electrons. The van der Waals surface area contributed by atoms with Crippen molar-refractivity contribution in [3.05, 3.63) is 53.2 Å². The van der Waals surface area contributed by atoms with Gasteiger partial charge in [0.2, 0.25) is 5.91 Å². The van der Waals surface area contributed by atoms with E-state index in [1.807, 2.05) is 38.4 Å². The fourth-order valence-corrected chi connectivity index (χ4v) is 2.10. The number of pyridine rings is 1. The number of rotatable bonds is 7. The molecule has 2 N–H and O–H groups in total. The molecule has 23 heavy (non-hydrogen) atoms. The van der Waals surface area contributed by atoms with E-state index in [0.29, 0.717) is 17.1 Å². The highest BCUT2D eigenvalue weighted by Crippen LogP contribution is 2.12. The molecular formula is C17H21ClN4O. The van der Waals surface area contributed by atoms with E-state index < -0.39 is 0 Å². The summed E-state index contributed by atoms with van der Waals surface area (Å²) >= 11 is 5.83. The summed E-state index contributed by atoms with van der Waals surface area (Å²) in [6.45, 7) is 1.75. The van der Waals surface area contributed by atoms with Gasteiger partial charge in [0.15, 0.2) is 0 Å². The maximum absolute atomic E-state index is 12.0. The third-order valence-corrected chi connectivity index (χ3v) is 3.44. The maximum Gasteiger partial charge on any atom is 0.228 e. The number of nitrogens with one attached hydrogen (secondary N) is 2. The van der Waals surface area contributed by atoms with Crippen LogP contribution in [-0.4, -0.2) is 43.0 Å². The predicted molar refractivity (Wildman–Crippen MR) is 95.1 cm³/mol. The summed E-state index contributed by atoms with van der Waals surface area (Å²) in [7, 11) is 4.04. The lowest BCUT2D eigenvalue weighted by Gasteiger charge is -2.11. The Kier molecular flexibility index (Phi) is 6.38. The standard InChI is InChI=1S/C17H21ClN4O/c1-22(2)10-9-19-16-8-7-15(12-20-16)21-17(23)11-13-3-5-14(18)6-4-13/h3-8,12H,9-11H2,1-2H3,(H,19,20)(H,21,23). The SMILES string of the molecule is CN(C)CCNc1ccc(NC(=O)Cc2ccc(Cl)cc2)cn1. The second-order valence-corrected chi connectivity index (χ2v) is 5.95. The van der Waals surface area contributed by atoms with Crippen LogP contribution < -0.4 is 10.6 Å². The van der Waals surface area contributed by atoms with Crippen molar-refractivity contribution in [2.75, 3.05) is 37.8 Å². The molecule has 0 bridgehead atoms. The molecule has 1 amide bonds. The van der Waals surface area contributed by atoms with Gasteiger partial charge >= 0.3 is 0 Å². The molecule has 0 unspecified atom stereocenters. The first-order chi connectivity index (χ1) is 11.0. The van der Waals surface area contributed by atoms with E-state index in [4.69, 9.17) is 11.6 Å². The molecule has 0 fully saturated rings. The Hall–Kier alpha value is -2.11. The first-order valence-corrected chi connectivity index (χ1v) is 7.79. The highest BCUT2D eigenvalue weighted by molar-refractivity contribution is 6.30. The van der Waals surface area contributed by atoms with Crippen LogP contribution in [0.1, 0.15) is 5.56 Å². The van der Waals surface area contributed by atoms with Crippen molar-refractivity contribution in [2.45, 2.75) is 6.42 Å². The average molecular weight is 333 g/mol. The lowest BCUT2D eigenvalue weighted by Crippen LogP contribution is -2.21. The van der Waals surface area contributed by atoms with Gasteiger partial charge in [0.05, 0.1) is 18.3 Å². The monoisotopic (exact) mass is 332 g/mol. The highest BCUT2D eigenvalue weighted by Gasteiger charge is 2.05. The molecule has 2 aromatic rings. The number of likely N-dealkylation sites (N-methyl/N-ethyl adjacent to an activating group) is 1. The molecule has 0 aliphatic heterocycles. The largest absolute Gasteiger partial charge is 0.369 e. The van der Waals surface area contributed by atoms with Crippen molar-refractivity contribution in [1.29, 1.82) is 0 Å². The Morgan fingerprint density at radius 1 is 1.17 bits per heavy atom. The highest BCUT2D eigenvalue weighted by atomic mass is 35.5. The summed E-state index contributed by atoms with van der Waals surface area (Å²) in [5, 5.41) is 6.72. The lowest BCUT2D eigenvalue weighted by atomic mass is 10.1. The number of nitrogens with zero attached hydrogens (tertiary/aromatic N) is 2. The van der Waals surface area contributed by atoms with Crippen molar-refractivity contribution in [3.63, 3.8) is 0 Å². The van der Waals surface area contributed by atoms with Crippen LogP contribution in [0.4, 0.5) is 11.5 Å². The van der Waals surface area contributed by atoms with Crippen LogP contribution in [0.3, 0.4) is 0 Å². The fraction of sp³-hybridized carbons (Fsp3) is 0.294. The number of aromatic nitrogens is 1. The second kappa shape index (κ2) is 8.50. The van der Waals surface area contributed by atoms with Crippen LogP contribution in [0.15, 0.2) is 42.6 Å². The summed E-state index contributed by atoms with van der Waals surface area (Å²) in [6.07, 6.45) is 1.96. The molecule has 1 aromatic heterocycles. The van der Waals surface area contributed by atoms with Crippen molar-refractivity contribution < 1.29 is 4.79 Å². The molecular weight excluding hydrogens is 312 g/mol. The second-order valence-electron chi connectivity index (χ2n) is 5.51. The van der Waals surface area contributed by atoms with Gasteiger partial charge in [0, 0.05) is 18.1 Å². The van der Waals surface area contributed by atoms with Crippen molar-refractivity contribution in [3.8, 4) is 0 Å². The van der Waals surface area contributed by atoms with Gasteiger partial charge in [-0.15, -0.1) is 0 Å². The lowest BCUT2D eigenvalue weighted by molar-refractivity contribution is -0.115. The molecule has 6 heteroatoms. The zero-order valence-corrected chi connectivity index (χ0v) is 14.1. The van der Waals surface area contributed by atoms with Crippen LogP contribution in [0.5, 0.6) is 0 Å². The molecule has 2 rings (SSSR count). The first kappa shape index (κ1) is 17.2. The minimum absolute atomic E-state index is 0.0811. The molecule has 1 heterocycles. The fourth-order valence-electron chi connectivity index (χ4n) is 1.97. The van der Waals surface area contributed by atoms with Gasteiger partial charge in [0.25, 0.3) is 0 Å². The van der Waals surface area contributed by atoms with E-state index in [0.717, 1.165) is 24.5 Å². The molecule has 1 aromatic carbocycles. The zero-order chi connectivity index (χ0) is 16.7. The van der Waals surface area contributed by atoms with E-state index in [9.17, 15) is 4.79 Å². The number of anilines is 2. The molecule has 0 atom stereocenters. The third kappa shape index (κ3) is 6.26. The predicted octanol–water partition coefficient (Wildman–Crippen LogP) is 2.89. The Morgan fingerprint density at radius 3 is 2.52 bits per heavy atom. The van der Waals surface area contributed by atoms with Gasteiger partial charge in [-0.3, -0.25) is 4.79 Å². The first-order valence-electron chi connectivity index (χ1n) is 7.42. The average Bonchev–Trinajstić information content (AvgIpc) is 2.51. The maximum atomic E-state index is 12.0. The van der Waals surface area contributed by atoms with Gasteiger partial charge in [0.1, 0.15) is 5.82 Å². The van der Waals surface area contributed by atoms with Crippen LogP contribution in [0.2, 0.25) is 5.02 Å². The number of amides is 1. The minimum Gasteiger partial charge on any atom is -0.369 e. The molecule has 0 saturated carbocycles. The number of hydrogen-bond acceptors (Lipinski definition) is 4. The minimum atomic E-state index is -0.0811. The Labute approximate surface area is 141 Å². The molecule has 0 aliphatic carbocycles. The number of carbonyl (C=O) groups is 1. The molecule has 5 nitrogen and oxygen atoms in total. The van der Waals surface area contributed by atoms with Crippen LogP contribution in [0, 0.1) is 0 Å². The molecule has 0 spiro atoms. The number of halogens is 1. The van der Waals surface area contributed by atoms with E-state index >= 15 is 0 Å². The molecule has 0 aliphatic rings. The number of benzene rings is 1. The number of hydrogen-bond donors (Lipinski definition) is 2. The van der Waals surface area contributed by atoms with Crippen LogP contribution >= 0.6 is 11.6 Å². The quantitative estimate of drug-likeness (QED) is 0.818. The Morgan fingerprint density at radius 2 is 1.91 bits per heavy atom. The van der Waals surface area contributed by atoms with Gasteiger partial charge in [-0.05, 0) is 43.9 Å². The smallest absolute Gasteiger partial charge is 0.228 e. The number of carbonyl (C=O) groups excluding carboxylic acids is 1. The summed E-state index contributed by atoms with van der Waals surface area (Å²) in [5.74, 6) is 0.713. The summed E-state index contributed by atoms with van der Waals surface area (Å²) < 4.78 is 0. The summed E-state index contributed by atoms with van der Waals surface area (Å²) in [4.78, 5) is 18.4. The van der Waals surface area contributed by atoms with Gasteiger partial charge in [-0.25, -0.2) is 4.98 Å². The normalized spacial score (nSPS) is 10.6. The van der Waals surface area contributed by atoms with E-state index in [-0.39, 0.29) is 5.91 Å². The Balaban J connectivity index is 1.82. The van der Waals surface area contributed by atoms with Crippen molar-refractivity contribution >= 4 is 29.0 Å². The summed E-state index contributed by atoms with van der Waals surface area (Å²) in [5.41, 5.74) is 1.60. The van der Waals surface area contributed by atoms with Crippen molar-refractivity contribution in [1.82, 2.24) is 9.88 Å². The summed E-state index contributed by atoms with van der Waals surface area (Å²) in [6, 6.07) is 10.9. The third-order valence-electron chi connectivity index (χ3n) is 3.19. The van der Waals surface area contributed by atoms with Gasteiger partial charge in [-0.2, -0.15) is 0 Å². The van der Waals surface area contributed by atoms with Crippen LogP contribution in [0.25, 0.3) is 0 Å². The van der Waals surface area contributed by atoms with Crippen LogP contribution in [-0.2, 0) is 11.2 Å². The van der Waals surface area contributed by atoms with Gasteiger partial charge in [-0.1, -0.05) is 23.7 Å². The van der Waals surface area contributed by atoms with Crippen molar-refractivity contribution in [2.24, 2.45) is 0 Å². The van der Waals surface area contributed by atoms with E-state index in [1.165, 1.54) is 0 Å². The molecule has 0 saturated heterocycles. The van der Waals surface area contributed by atoms with E-state index in [1.54, 1.807) is 18.3 Å². The Bertz CT molecular complexity index is 626. The zero-order valence-electron chi connectivity index (χ0n) is 13.3. The topological polar surface area (TPSA) is 57.3 Å². The molecule has 0 radical (unpaired) electrons. The van der Waals surface area contributed by atoms with Gasteiger partial charge < -0.3 is 15.5 Å². The van der Waals surface area contributed by atoms with E-state index in [2.05, 4.69) is 20.5 Å².